The summed E-state index contributed by atoms with van der Waals surface area (Å²) in [7, 11) is 1.65. The van der Waals surface area contributed by atoms with E-state index < -0.39 is 6.04 Å². The van der Waals surface area contributed by atoms with Crippen molar-refractivity contribution in [2.24, 2.45) is 0 Å². The molecule has 0 unspecified atom stereocenters. The number of nitrogens with one attached hydrogen (secondary N) is 1. The minimum absolute atomic E-state index is 0.0735. The lowest BCUT2D eigenvalue weighted by atomic mass is 10.0. The number of hydrogen-bond donors (Lipinski definition) is 1. The Kier molecular flexibility index (Phi) is 6.70. The zero-order valence-corrected chi connectivity index (χ0v) is 17.2. The molecule has 3 atom stereocenters. The Balaban J connectivity index is 1.92. The molecule has 2 amide bonds. The van der Waals surface area contributed by atoms with Crippen molar-refractivity contribution in [3.63, 3.8) is 0 Å². The zero-order chi connectivity index (χ0) is 20.8. The summed E-state index contributed by atoms with van der Waals surface area (Å²) >= 11 is 0. The molecule has 0 spiro atoms. The van der Waals surface area contributed by atoms with Crippen LogP contribution in [0.1, 0.15) is 48.7 Å². The van der Waals surface area contributed by atoms with Gasteiger partial charge in [-0.15, -0.1) is 0 Å². The molecule has 0 fully saturated rings. The topological polar surface area (TPSA) is 58.6 Å². The third kappa shape index (κ3) is 5.05. The van der Waals surface area contributed by atoms with E-state index in [-0.39, 0.29) is 24.0 Å². The van der Waals surface area contributed by atoms with Crippen LogP contribution in [0.3, 0.4) is 0 Å². The fraction of sp³-hybridized carbons (Fsp3) is 0.333. The van der Waals surface area contributed by atoms with Gasteiger partial charge in [0.1, 0.15) is 11.8 Å². The van der Waals surface area contributed by atoms with Crippen LogP contribution in [0.4, 0.5) is 0 Å². The molecule has 1 N–H and O–H groups in total. The summed E-state index contributed by atoms with van der Waals surface area (Å²) in [5.74, 6) is 0.114. The average Bonchev–Trinajstić information content (AvgIpc) is 2.74. The Morgan fingerprint density at radius 3 is 2.34 bits per heavy atom. The number of carbonyl (C=O) groups excluding carboxylic acids is 2. The second kappa shape index (κ2) is 9.41. The number of benzene rings is 2. The van der Waals surface area contributed by atoms with Crippen molar-refractivity contribution >= 4 is 11.8 Å². The Morgan fingerprint density at radius 1 is 0.931 bits per heavy atom. The minimum atomic E-state index is -0.619. The molecule has 29 heavy (non-hydrogen) atoms. The molecule has 1 heterocycles. The summed E-state index contributed by atoms with van der Waals surface area (Å²) < 4.78 is 6.03. The van der Waals surface area contributed by atoms with Crippen molar-refractivity contribution in [3.8, 4) is 5.75 Å². The molecule has 2 aromatic rings. The van der Waals surface area contributed by atoms with Gasteiger partial charge in [0.15, 0.2) is 0 Å². The lowest BCUT2D eigenvalue weighted by Gasteiger charge is -2.28. The van der Waals surface area contributed by atoms with E-state index in [4.69, 9.17) is 4.74 Å². The predicted molar refractivity (Wildman–Crippen MR) is 114 cm³/mol. The van der Waals surface area contributed by atoms with E-state index >= 15 is 0 Å². The maximum Gasteiger partial charge on any atom is 0.258 e. The van der Waals surface area contributed by atoms with Gasteiger partial charge in [0.05, 0.1) is 17.7 Å². The maximum absolute atomic E-state index is 13.1. The second-order valence-corrected chi connectivity index (χ2v) is 7.43. The Morgan fingerprint density at radius 2 is 1.59 bits per heavy atom. The highest BCUT2D eigenvalue weighted by atomic mass is 16.5. The largest absolute Gasteiger partial charge is 0.490 e. The van der Waals surface area contributed by atoms with Crippen molar-refractivity contribution < 1.29 is 14.3 Å². The monoisotopic (exact) mass is 392 g/mol. The van der Waals surface area contributed by atoms with Crippen LogP contribution in [0.5, 0.6) is 5.75 Å². The number of hydrogen-bond acceptors (Lipinski definition) is 3. The van der Waals surface area contributed by atoms with Gasteiger partial charge >= 0.3 is 0 Å². The van der Waals surface area contributed by atoms with E-state index in [1.54, 1.807) is 32.2 Å². The van der Waals surface area contributed by atoms with Gasteiger partial charge in [0.2, 0.25) is 5.91 Å². The van der Waals surface area contributed by atoms with Crippen LogP contribution in [0.2, 0.25) is 0 Å². The SMILES string of the molecule is C[C@@H]1C(=O)N[C@H](c2ccccc2)C/C=C/C[C@H](C)Oc2ccccc2C(=O)N1C. The van der Waals surface area contributed by atoms with E-state index in [1.807, 2.05) is 43.3 Å². The van der Waals surface area contributed by atoms with E-state index in [1.165, 1.54) is 4.90 Å². The molecule has 1 aliphatic heterocycles. The Bertz CT molecular complexity index is 879. The molecule has 152 valence electrons. The minimum Gasteiger partial charge on any atom is -0.490 e. The molecule has 0 aromatic heterocycles. The molecular formula is C24H28N2O3. The first kappa shape index (κ1) is 20.6. The van der Waals surface area contributed by atoms with Crippen LogP contribution in [0.15, 0.2) is 66.7 Å². The molecule has 1 aliphatic rings. The summed E-state index contributed by atoms with van der Waals surface area (Å²) in [6, 6.07) is 16.3. The van der Waals surface area contributed by atoms with Gasteiger partial charge in [-0.05, 0) is 38.0 Å². The van der Waals surface area contributed by atoms with Gasteiger partial charge < -0.3 is 15.0 Å². The van der Waals surface area contributed by atoms with Gasteiger partial charge in [-0.25, -0.2) is 0 Å². The van der Waals surface area contributed by atoms with E-state index in [9.17, 15) is 9.59 Å². The molecule has 2 aromatic carbocycles. The number of nitrogens with zero attached hydrogens (tertiary/aromatic N) is 1. The number of rotatable bonds is 1. The van der Waals surface area contributed by atoms with E-state index in [2.05, 4.69) is 17.5 Å². The van der Waals surface area contributed by atoms with Crippen molar-refractivity contribution in [1.82, 2.24) is 10.2 Å². The molecule has 5 nitrogen and oxygen atoms in total. The summed E-state index contributed by atoms with van der Waals surface area (Å²) in [5, 5.41) is 3.11. The fourth-order valence-electron chi connectivity index (χ4n) is 3.33. The van der Waals surface area contributed by atoms with Crippen molar-refractivity contribution in [2.75, 3.05) is 7.05 Å². The first-order chi connectivity index (χ1) is 14.0. The van der Waals surface area contributed by atoms with Gasteiger partial charge in [0, 0.05) is 13.5 Å². The Hall–Kier alpha value is -3.08. The summed E-state index contributed by atoms with van der Waals surface area (Å²) in [6.07, 6.45) is 5.46. The quantitative estimate of drug-likeness (QED) is 0.743. The van der Waals surface area contributed by atoms with Gasteiger partial charge in [0.25, 0.3) is 5.91 Å². The van der Waals surface area contributed by atoms with Crippen LogP contribution in [0.25, 0.3) is 0 Å². The highest BCUT2D eigenvalue weighted by molar-refractivity contribution is 5.99. The highest BCUT2D eigenvalue weighted by Crippen LogP contribution is 2.24. The normalized spacial score (nSPS) is 24.7. The first-order valence-corrected chi connectivity index (χ1v) is 10.0. The van der Waals surface area contributed by atoms with Gasteiger partial charge in [-0.2, -0.15) is 0 Å². The Labute approximate surface area is 172 Å². The predicted octanol–water partition coefficient (Wildman–Crippen LogP) is 4.12. The summed E-state index contributed by atoms with van der Waals surface area (Å²) in [6.45, 7) is 3.73. The number of carbonyl (C=O) groups is 2. The van der Waals surface area contributed by atoms with Crippen LogP contribution in [0, 0.1) is 0 Å². The maximum atomic E-state index is 13.1. The molecular weight excluding hydrogens is 364 g/mol. The van der Waals surface area contributed by atoms with Crippen LogP contribution in [-0.2, 0) is 4.79 Å². The first-order valence-electron chi connectivity index (χ1n) is 10.0. The molecule has 0 saturated carbocycles. The van der Waals surface area contributed by atoms with Crippen LogP contribution < -0.4 is 10.1 Å². The summed E-state index contributed by atoms with van der Waals surface area (Å²) in [4.78, 5) is 27.5. The van der Waals surface area contributed by atoms with Gasteiger partial charge in [-0.1, -0.05) is 54.6 Å². The van der Waals surface area contributed by atoms with Crippen molar-refractivity contribution in [1.29, 1.82) is 0 Å². The van der Waals surface area contributed by atoms with Crippen LogP contribution in [-0.4, -0.2) is 35.9 Å². The zero-order valence-electron chi connectivity index (χ0n) is 17.2. The third-order valence-corrected chi connectivity index (χ3v) is 5.25. The molecule has 0 radical (unpaired) electrons. The number of likely N-dealkylation sites (N-methyl/N-ethyl adjacent to an activating group) is 1. The molecule has 0 saturated heterocycles. The van der Waals surface area contributed by atoms with E-state index in [0.717, 1.165) is 5.56 Å². The molecule has 3 rings (SSSR count). The molecule has 0 aliphatic carbocycles. The fourth-order valence-corrected chi connectivity index (χ4v) is 3.33. The molecule has 0 bridgehead atoms. The number of fused-ring (bicyclic) bond motifs is 1. The lowest BCUT2D eigenvalue weighted by molar-refractivity contribution is -0.125. The summed E-state index contributed by atoms with van der Waals surface area (Å²) in [5.41, 5.74) is 1.50. The van der Waals surface area contributed by atoms with Gasteiger partial charge in [-0.3, -0.25) is 9.59 Å². The number of amides is 2. The smallest absolute Gasteiger partial charge is 0.258 e. The second-order valence-electron chi connectivity index (χ2n) is 7.43. The standard InChI is InChI=1S/C24H28N2O3/c1-17-11-7-9-15-21(19-12-5-4-6-13-19)25-23(27)18(2)26(3)24(28)20-14-8-10-16-22(20)29-17/h4-10,12-14,16-18,21H,11,15H2,1-3H3,(H,25,27)/b9-7+/t17-,18+,21-/m0/s1. The lowest BCUT2D eigenvalue weighted by Crippen LogP contribution is -2.47. The van der Waals surface area contributed by atoms with Crippen LogP contribution >= 0.6 is 0 Å². The number of ether oxygens (including phenoxy) is 1. The van der Waals surface area contributed by atoms with Crippen molar-refractivity contribution in [2.45, 2.75) is 44.9 Å². The van der Waals surface area contributed by atoms with Crippen molar-refractivity contribution in [3.05, 3.63) is 77.9 Å². The average molecular weight is 392 g/mol. The third-order valence-electron chi connectivity index (χ3n) is 5.25. The van der Waals surface area contributed by atoms with E-state index in [0.29, 0.717) is 24.2 Å². The highest BCUT2D eigenvalue weighted by Gasteiger charge is 2.27. The number of para-hydroxylation sites is 1. The molecule has 5 heteroatoms.